The zero-order valence-electron chi connectivity index (χ0n) is 21.3. The molecule has 0 radical (unpaired) electrons. The first kappa shape index (κ1) is 25.0. The minimum atomic E-state index is -0.818. The van der Waals surface area contributed by atoms with E-state index in [4.69, 9.17) is 14.5 Å². The van der Waals surface area contributed by atoms with E-state index in [1.807, 2.05) is 90.3 Å². The third-order valence-electron chi connectivity index (χ3n) is 6.61. The predicted molar refractivity (Wildman–Crippen MR) is 156 cm³/mol. The van der Waals surface area contributed by atoms with E-state index < -0.39 is 12.0 Å². The number of rotatable bonds is 6. The van der Waals surface area contributed by atoms with Crippen molar-refractivity contribution in [2.24, 2.45) is 4.99 Å². The Balaban J connectivity index is 1.77. The van der Waals surface area contributed by atoms with E-state index in [0.717, 1.165) is 21.2 Å². The first-order valence-corrected chi connectivity index (χ1v) is 14.2. The summed E-state index contributed by atoms with van der Waals surface area (Å²) in [7, 11) is 1.60. The summed E-state index contributed by atoms with van der Waals surface area (Å²) in [6, 6.07) is 24.4. The number of carbonyl (C=O) groups is 1. The lowest BCUT2D eigenvalue weighted by Crippen LogP contribution is -2.40. The molecule has 0 spiro atoms. The zero-order valence-corrected chi connectivity index (χ0v) is 22.9. The molecule has 194 valence electrons. The van der Waals surface area contributed by atoms with Crippen LogP contribution in [0.2, 0.25) is 0 Å². The third kappa shape index (κ3) is 4.41. The van der Waals surface area contributed by atoms with Crippen molar-refractivity contribution in [1.29, 1.82) is 0 Å². The van der Waals surface area contributed by atoms with Gasteiger partial charge in [0.15, 0.2) is 4.80 Å². The Labute approximate surface area is 232 Å². The van der Waals surface area contributed by atoms with Gasteiger partial charge in [-0.25, -0.2) is 9.79 Å². The number of benzene rings is 3. The first-order chi connectivity index (χ1) is 19.1. The molecular formula is C31H24N2O4S2. The van der Waals surface area contributed by atoms with Crippen LogP contribution in [0.1, 0.15) is 29.0 Å². The van der Waals surface area contributed by atoms with Gasteiger partial charge in [0.25, 0.3) is 5.56 Å². The maximum absolute atomic E-state index is 14.1. The second-order valence-electron chi connectivity index (χ2n) is 8.85. The van der Waals surface area contributed by atoms with Crippen molar-refractivity contribution >= 4 is 51.2 Å². The minimum absolute atomic E-state index is 0.187. The van der Waals surface area contributed by atoms with Crippen LogP contribution in [0.15, 0.2) is 99.6 Å². The Kier molecular flexibility index (Phi) is 6.72. The lowest BCUT2D eigenvalue weighted by Gasteiger charge is -2.28. The van der Waals surface area contributed by atoms with Gasteiger partial charge < -0.3 is 9.47 Å². The molecule has 3 aromatic carbocycles. The van der Waals surface area contributed by atoms with E-state index in [-0.39, 0.29) is 12.2 Å². The Morgan fingerprint density at radius 1 is 1.03 bits per heavy atom. The van der Waals surface area contributed by atoms with Crippen LogP contribution >= 0.6 is 22.7 Å². The van der Waals surface area contributed by atoms with Crippen molar-refractivity contribution in [2.75, 3.05) is 13.7 Å². The zero-order chi connectivity index (χ0) is 26.9. The Morgan fingerprint density at radius 3 is 2.56 bits per heavy atom. The molecule has 1 atom stereocenters. The summed E-state index contributed by atoms with van der Waals surface area (Å²) in [5, 5.41) is 3.82. The minimum Gasteiger partial charge on any atom is -0.496 e. The van der Waals surface area contributed by atoms with Crippen molar-refractivity contribution < 1.29 is 14.3 Å². The molecule has 1 unspecified atom stereocenters. The van der Waals surface area contributed by atoms with Gasteiger partial charge in [0, 0.05) is 16.0 Å². The summed E-state index contributed by atoms with van der Waals surface area (Å²) in [6.07, 6.45) is 1.88. The third-order valence-corrected chi connectivity index (χ3v) is 8.42. The van der Waals surface area contributed by atoms with Crippen molar-refractivity contribution in [2.45, 2.75) is 13.0 Å². The lowest BCUT2D eigenvalue weighted by atomic mass is 9.89. The molecule has 0 saturated heterocycles. The molecule has 0 fully saturated rings. The largest absolute Gasteiger partial charge is 0.496 e. The number of thiophene rings is 1. The fraction of sp³-hybridized carbons (Fsp3) is 0.129. The summed E-state index contributed by atoms with van der Waals surface area (Å²) in [5.41, 5.74) is 2.04. The topological polar surface area (TPSA) is 69.9 Å². The summed E-state index contributed by atoms with van der Waals surface area (Å²) in [5.74, 6) is 0.0512. The lowest BCUT2D eigenvalue weighted by molar-refractivity contribution is -0.138. The number of aromatic nitrogens is 1. The number of hydrogen-bond donors (Lipinski definition) is 0. The number of methoxy groups -OCH3 is 1. The van der Waals surface area contributed by atoms with Gasteiger partial charge in [-0.1, -0.05) is 78.1 Å². The van der Waals surface area contributed by atoms with E-state index in [1.54, 1.807) is 29.9 Å². The van der Waals surface area contributed by atoms with E-state index in [2.05, 4.69) is 0 Å². The molecule has 1 aliphatic heterocycles. The van der Waals surface area contributed by atoms with Gasteiger partial charge >= 0.3 is 5.97 Å². The highest BCUT2D eigenvalue weighted by molar-refractivity contribution is 7.11. The maximum atomic E-state index is 14.1. The molecule has 6 nitrogen and oxygen atoms in total. The molecule has 0 N–H and O–H groups in total. The first-order valence-electron chi connectivity index (χ1n) is 12.5. The molecule has 1 aliphatic rings. The molecule has 0 aliphatic carbocycles. The molecule has 5 aromatic rings. The van der Waals surface area contributed by atoms with Gasteiger partial charge in [0.2, 0.25) is 0 Å². The number of thiazole rings is 1. The standard InChI is InChI=1S/C31H24N2O4S2/c1-3-37-30(35)26-27(20-11-5-4-6-12-20)32-31-33(29(34)24(39-31)18-21-13-9-17-38-21)28(26)25-22-14-8-7-10-19(22)15-16-23(25)36-2/h4-18,28H,3H2,1-2H3/b24-18+. The van der Waals surface area contributed by atoms with Gasteiger partial charge in [-0.2, -0.15) is 0 Å². The van der Waals surface area contributed by atoms with Crippen LogP contribution in [0.25, 0.3) is 22.5 Å². The molecule has 6 rings (SSSR count). The Hall–Kier alpha value is -4.27. The van der Waals surface area contributed by atoms with E-state index in [1.165, 1.54) is 11.3 Å². The van der Waals surface area contributed by atoms with Crippen LogP contribution in [-0.4, -0.2) is 24.3 Å². The second kappa shape index (κ2) is 10.5. The highest BCUT2D eigenvalue weighted by atomic mass is 32.1. The molecule has 39 heavy (non-hydrogen) atoms. The van der Waals surface area contributed by atoms with Crippen molar-refractivity contribution in [3.05, 3.63) is 126 Å². The predicted octanol–water partition coefficient (Wildman–Crippen LogP) is 5.16. The maximum Gasteiger partial charge on any atom is 0.338 e. The molecule has 2 aromatic heterocycles. The van der Waals surface area contributed by atoms with Gasteiger partial charge in [-0.05, 0) is 41.3 Å². The SMILES string of the molecule is CCOC(=O)C1=C(c2ccccc2)N=c2s/c(=C/c3cccs3)c(=O)n2C1c1c(OC)ccc2ccccc12. The van der Waals surface area contributed by atoms with Gasteiger partial charge in [-0.15, -0.1) is 11.3 Å². The van der Waals surface area contributed by atoms with Crippen molar-refractivity contribution in [3.8, 4) is 5.75 Å². The van der Waals surface area contributed by atoms with Crippen LogP contribution < -0.4 is 19.6 Å². The molecular weight excluding hydrogens is 528 g/mol. The number of hydrogen-bond acceptors (Lipinski definition) is 7. The molecule has 3 heterocycles. The summed E-state index contributed by atoms with van der Waals surface area (Å²) in [6.45, 7) is 1.96. The average molecular weight is 553 g/mol. The number of nitrogens with zero attached hydrogens (tertiary/aromatic N) is 2. The van der Waals surface area contributed by atoms with E-state index in [0.29, 0.717) is 31.9 Å². The average Bonchev–Trinajstić information content (AvgIpc) is 3.59. The summed E-state index contributed by atoms with van der Waals surface area (Å²) < 4.78 is 13.6. The normalized spacial score (nSPS) is 15.2. The number of esters is 1. The molecule has 8 heteroatoms. The fourth-order valence-electron chi connectivity index (χ4n) is 4.95. The molecule has 0 bridgehead atoms. The fourth-order valence-corrected chi connectivity index (χ4v) is 6.68. The van der Waals surface area contributed by atoms with Gasteiger partial charge in [0.1, 0.15) is 11.8 Å². The van der Waals surface area contributed by atoms with Crippen LogP contribution in [0.5, 0.6) is 5.75 Å². The summed E-state index contributed by atoms with van der Waals surface area (Å²) in [4.78, 5) is 34.3. The van der Waals surface area contributed by atoms with E-state index in [9.17, 15) is 9.59 Å². The van der Waals surface area contributed by atoms with Crippen LogP contribution in [0.4, 0.5) is 0 Å². The van der Waals surface area contributed by atoms with Gasteiger partial charge in [-0.3, -0.25) is 9.36 Å². The number of carbonyl (C=O) groups excluding carboxylic acids is 1. The Morgan fingerprint density at radius 2 is 1.82 bits per heavy atom. The number of ether oxygens (including phenoxy) is 2. The van der Waals surface area contributed by atoms with E-state index >= 15 is 0 Å². The highest BCUT2D eigenvalue weighted by Gasteiger charge is 2.37. The van der Waals surface area contributed by atoms with Crippen LogP contribution in [-0.2, 0) is 9.53 Å². The summed E-state index contributed by atoms with van der Waals surface area (Å²) >= 11 is 2.87. The van der Waals surface area contributed by atoms with Crippen LogP contribution in [0.3, 0.4) is 0 Å². The van der Waals surface area contributed by atoms with Gasteiger partial charge in [0.05, 0.1) is 29.5 Å². The number of fused-ring (bicyclic) bond motifs is 2. The highest BCUT2D eigenvalue weighted by Crippen LogP contribution is 2.42. The van der Waals surface area contributed by atoms with Crippen LogP contribution in [0, 0.1) is 0 Å². The molecule has 0 amide bonds. The van der Waals surface area contributed by atoms with Crippen molar-refractivity contribution in [3.63, 3.8) is 0 Å². The Bertz CT molecular complexity index is 1900. The van der Waals surface area contributed by atoms with Crippen molar-refractivity contribution in [1.82, 2.24) is 4.57 Å². The smallest absolute Gasteiger partial charge is 0.338 e. The monoisotopic (exact) mass is 552 g/mol. The quantitative estimate of drug-likeness (QED) is 0.273. The second-order valence-corrected chi connectivity index (χ2v) is 10.8. The molecule has 0 saturated carbocycles.